The Morgan fingerprint density at radius 1 is 1.28 bits per heavy atom. The summed E-state index contributed by atoms with van der Waals surface area (Å²) in [4.78, 5) is 32.3. The average Bonchev–Trinajstić information content (AvgIpc) is 3.15. The van der Waals surface area contributed by atoms with Crippen molar-refractivity contribution in [3.8, 4) is 0 Å². The van der Waals surface area contributed by atoms with Gasteiger partial charge in [-0.05, 0) is 25.8 Å². The molecule has 0 saturated carbocycles. The maximum absolute atomic E-state index is 12.7. The number of nitrogens with zero attached hydrogens (tertiary/aromatic N) is 5. The molecule has 1 atom stereocenters. The zero-order chi connectivity index (χ0) is 17.6. The number of likely N-dealkylation sites (tertiary alicyclic amines) is 2. The highest BCUT2D eigenvalue weighted by Gasteiger charge is 2.36. The lowest BCUT2D eigenvalue weighted by Gasteiger charge is -2.33. The van der Waals surface area contributed by atoms with Crippen LogP contribution < -0.4 is 0 Å². The van der Waals surface area contributed by atoms with Crippen LogP contribution in [0.15, 0.2) is 18.3 Å². The highest BCUT2D eigenvalue weighted by atomic mass is 16.2. The van der Waals surface area contributed by atoms with Crippen molar-refractivity contribution in [2.24, 2.45) is 5.92 Å². The molecule has 0 unspecified atom stereocenters. The molecule has 0 aliphatic carbocycles. The van der Waals surface area contributed by atoms with E-state index in [-0.39, 0.29) is 17.7 Å². The van der Waals surface area contributed by atoms with Crippen molar-refractivity contribution in [3.05, 3.63) is 29.7 Å². The Labute approximate surface area is 146 Å². The van der Waals surface area contributed by atoms with Gasteiger partial charge in [0.15, 0.2) is 5.65 Å². The smallest absolute Gasteiger partial charge is 0.227 e. The lowest BCUT2D eigenvalue weighted by atomic mass is 9.92. The fourth-order valence-corrected chi connectivity index (χ4v) is 4.02. The van der Waals surface area contributed by atoms with Crippen molar-refractivity contribution in [3.63, 3.8) is 0 Å². The second-order valence-electron chi connectivity index (χ2n) is 7.20. The Morgan fingerprint density at radius 2 is 2.04 bits per heavy atom. The van der Waals surface area contributed by atoms with E-state index >= 15 is 0 Å². The van der Waals surface area contributed by atoms with Gasteiger partial charge in [-0.1, -0.05) is 0 Å². The normalized spacial score (nSPS) is 22.2. The number of fused-ring (bicyclic) bond motifs is 1. The first-order chi connectivity index (χ1) is 12.0. The molecule has 2 aliphatic heterocycles. The number of carbonyl (C=O) groups excluding carboxylic acids is 2. The zero-order valence-electron chi connectivity index (χ0n) is 14.7. The van der Waals surface area contributed by atoms with E-state index in [0.29, 0.717) is 18.9 Å². The maximum atomic E-state index is 12.7. The number of piperidine rings is 1. The minimum absolute atomic E-state index is 0.0708. The number of aromatic nitrogens is 3. The number of aryl methyl sites for hydroxylation is 1. The molecule has 0 bridgehead atoms. The highest BCUT2D eigenvalue weighted by molar-refractivity contribution is 5.89. The number of hydrogen-bond acceptors (Lipinski definition) is 4. The predicted octanol–water partition coefficient (Wildman–Crippen LogP) is 1.22. The third-order valence-corrected chi connectivity index (χ3v) is 5.42. The van der Waals surface area contributed by atoms with E-state index in [0.717, 1.165) is 37.3 Å². The van der Waals surface area contributed by atoms with Crippen LogP contribution >= 0.6 is 0 Å². The lowest BCUT2D eigenvalue weighted by Crippen LogP contribution is -2.42. The minimum Gasteiger partial charge on any atom is -0.345 e. The topological polar surface area (TPSA) is 70.8 Å². The quantitative estimate of drug-likeness (QED) is 0.823. The summed E-state index contributed by atoms with van der Waals surface area (Å²) in [6.45, 7) is 4.00. The van der Waals surface area contributed by atoms with Crippen LogP contribution in [0.1, 0.15) is 36.6 Å². The molecular weight excluding hydrogens is 318 g/mol. The minimum atomic E-state index is -0.171. The molecule has 0 spiro atoms. The van der Waals surface area contributed by atoms with Crippen LogP contribution in [0.25, 0.3) is 5.65 Å². The van der Waals surface area contributed by atoms with Gasteiger partial charge in [-0.2, -0.15) is 5.10 Å². The summed E-state index contributed by atoms with van der Waals surface area (Å²) in [7, 11) is 1.77. The Hall–Kier alpha value is -2.44. The van der Waals surface area contributed by atoms with Crippen LogP contribution in [-0.4, -0.2) is 62.9 Å². The van der Waals surface area contributed by atoms with E-state index in [1.807, 2.05) is 34.7 Å². The Morgan fingerprint density at radius 3 is 2.72 bits per heavy atom. The highest BCUT2D eigenvalue weighted by Crippen LogP contribution is 2.29. The van der Waals surface area contributed by atoms with Crippen molar-refractivity contribution in [1.82, 2.24) is 24.4 Å². The van der Waals surface area contributed by atoms with E-state index in [2.05, 4.69) is 10.1 Å². The molecule has 7 nitrogen and oxygen atoms in total. The van der Waals surface area contributed by atoms with Gasteiger partial charge in [0.25, 0.3) is 0 Å². The van der Waals surface area contributed by atoms with E-state index in [1.165, 1.54) is 5.69 Å². The second kappa shape index (κ2) is 6.13. The Bertz CT molecular complexity index is 822. The van der Waals surface area contributed by atoms with Gasteiger partial charge in [0.2, 0.25) is 11.8 Å². The molecule has 4 rings (SSSR count). The molecule has 0 N–H and O–H groups in total. The standard InChI is InChI=1S/C18H23N5O2/c1-12-9-16-19-6-3-15(23(16)20-12)13-4-7-22(8-5-13)18(25)14-10-17(24)21(2)11-14/h3,6,9,13-14H,4-5,7-8,10-11H2,1-2H3/t14-/m0/s1. The van der Waals surface area contributed by atoms with Crippen LogP contribution in [-0.2, 0) is 9.59 Å². The largest absolute Gasteiger partial charge is 0.345 e. The molecule has 0 aromatic carbocycles. The second-order valence-corrected chi connectivity index (χ2v) is 7.20. The summed E-state index contributed by atoms with van der Waals surface area (Å²) >= 11 is 0. The number of rotatable bonds is 2. The molecule has 7 heteroatoms. The first kappa shape index (κ1) is 16.1. The van der Waals surface area contributed by atoms with Crippen molar-refractivity contribution in [1.29, 1.82) is 0 Å². The van der Waals surface area contributed by atoms with Crippen LogP contribution in [0.5, 0.6) is 0 Å². The number of amides is 2. The van der Waals surface area contributed by atoms with Gasteiger partial charge >= 0.3 is 0 Å². The molecule has 2 aliphatic rings. The Balaban J connectivity index is 1.44. The van der Waals surface area contributed by atoms with Crippen LogP contribution in [0.2, 0.25) is 0 Å². The molecule has 132 valence electrons. The molecule has 4 heterocycles. The third-order valence-electron chi connectivity index (χ3n) is 5.42. The van der Waals surface area contributed by atoms with Gasteiger partial charge < -0.3 is 9.80 Å². The molecule has 2 saturated heterocycles. The fraction of sp³-hybridized carbons (Fsp3) is 0.556. The lowest BCUT2D eigenvalue weighted by molar-refractivity contribution is -0.136. The molecule has 2 amide bonds. The molecule has 2 aromatic rings. The van der Waals surface area contributed by atoms with Gasteiger partial charge in [0.05, 0.1) is 11.6 Å². The van der Waals surface area contributed by atoms with Gasteiger partial charge in [-0.25, -0.2) is 9.50 Å². The van der Waals surface area contributed by atoms with Crippen molar-refractivity contribution in [2.45, 2.75) is 32.1 Å². The summed E-state index contributed by atoms with van der Waals surface area (Å²) in [5, 5.41) is 4.55. The number of carbonyl (C=O) groups is 2. The van der Waals surface area contributed by atoms with E-state index in [1.54, 1.807) is 11.9 Å². The average molecular weight is 341 g/mol. The Kier molecular flexibility index (Phi) is 3.94. The van der Waals surface area contributed by atoms with E-state index in [9.17, 15) is 9.59 Å². The maximum Gasteiger partial charge on any atom is 0.227 e. The molecule has 0 radical (unpaired) electrons. The number of hydrogen-bond donors (Lipinski definition) is 0. The molecule has 25 heavy (non-hydrogen) atoms. The van der Waals surface area contributed by atoms with Gasteiger partial charge in [-0.15, -0.1) is 0 Å². The summed E-state index contributed by atoms with van der Waals surface area (Å²) < 4.78 is 1.93. The van der Waals surface area contributed by atoms with Gasteiger partial charge in [-0.3, -0.25) is 9.59 Å². The first-order valence-electron chi connectivity index (χ1n) is 8.87. The third kappa shape index (κ3) is 2.88. The summed E-state index contributed by atoms with van der Waals surface area (Å²) in [5.41, 5.74) is 3.00. The van der Waals surface area contributed by atoms with Crippen LogP contribution in [0.4, 0.5) is 0 Å². The van der Waals surface area contributed by atoms with Gasteiger partial charge in [0.1, 0.15) is 0 Å². The zero-order valence-corrected chi connectivity index (χ0v) is 14.7. The SMILES string of the molecule is Cc1cc2nccc(C3CCN(C(=O)[C@H]4CC(=O)N(C)C4)CC3)n2n1. The summed E-state index contributed by atoms with van der Waals surface area (Å²) in [6, 6.07) is 4.02. The predicted molar refractivity (Wildman–Crippen MR) is 92.0 cm³/mol. The summed E-state index contributed by atoms with van der Waals surface area (Å²) in [5.74, 6) is 0.407. The molecule has 2 aromatic heterocycles. The molecule has 2 fully saturated rings. The fourth-order valence-electron chi connectivity index (χ4n) is 4.02. The summed E-state index contributed by atoms with van der Waals surface area (Å²) in [6.07, 6.45) is 4.02. The van der Waals surface area contributed by atoms with Crippen molar-refractivity contribution in [2.75, 3.05) is 26.7 Å². The van der Waals surface area contributed by atoms with Crippen molar-refractivity contribution >= 4 is 17.5 Å². The van der Waals surface area contributed by atoms with E-state index in [4.69, 9.17) is 0 Å². The first-order valence-corrected chi connectivity index (χ1v) is 8.87. The monoisotopic (exact) mass is 341 g/mol. The van der Waals surface area contributed by atoms with Crippen LogP contribution in [0, 0.1) is 12.8 Å². The molecular formula is C18H23N5O2. The van der Waals surface area contributed by atoms with Crippen LogP contribution in [0.3, 0.4) is 0 Å². The van der Waals surface area contributed by atoms with Gasteiger partial charge in [0, 0.05) is 57.0 Å². The van der Waals surface area contributed by atoms with E-state index < -0.39 is 0 Å². The van der Waals surface area contributed by atoms with Crippen molar-refractivity contribution < 1.29 is 9.59 Å².